The van der Waals surface area contributed by atoms with Gasteiger partial charge in [0.05, 0.1) is 12.0 Å². The maximum atomic E-state index is 9.44. The highest BCUT2D eigenvalue weighted by molar-refractivity contribution is 6.83. The molecule has 68 valence electrons. The third kappa shape index (κ3) is 2.98. The van der Waals surface area contributed by atoms with Gasteiger partial charge in [-0.1, -0.05) is 19.6 Å². The van der Waals surface area contributed by atoms with Crippen molar-refractivity contribution in [2.75, 3.05) is 13.1 Å². The van der Waals surface area contributed by atoms with Crippen LogP contribution in [-0.4, -0.2) is 32.4 Å². The van der Waals surface area contributed by atoms with Crippen LogP contribution in [0.25, 0.3) is 0 Å². The van der Waals surface area contributed by atoms with E-state index in [2.05, 4.69) is 36.4 Å². The van der Waals surface area contributed by atoms with Crippen LogP contribution in [0.2, 0.25) is 19.6 Å². The number of rotatable bonds is 0. The summed E-state index contributed by atoms with van der Waals surface area (Å²) in [4.78, 5) is 0. The Morgan fingerprint density at radius 3 is 2.42 bits per heavy atom. The summed E-state index contributed by atoms with van der Waals surface area (Å²) >= 11 is 0. The quantitative estimate of drug-likeness (QED) is 0.422. The zero-order valence-electron chi connectivity index (χ0n) is 8.02. The topological polar surface area (TPSA) is 32.3 Å². The Balaban J connectivity index is 2.53. The number of aliphatic hydroxyl groups excluding tert-OH is 1. The van der Waals surface area contributed by atoms with E-state index in [1.54, 1.807) is 0 Å². The Labute approximate surface area is 75.4 Å². The van der Waals surface area contributed by atoms with Gasteiger partial charge in [-0.25, -0.2) is 0 Å². The molecule has 2 N–H and O–H groups in total. The van der Waals surface area contributed by atoms with Gasteiger partial charge >= 0.3 is 0 Å². The molecule has 1 aliphatic rings. The van der Waals surface area contributed by atoms with Crippen LogP contribution in [0.15, 0.2) is 0 Å². The average Bonchev–Trinajstić information content (AvgIpc) is 2.29. The first-order valence-electron chi connectivity index (χ1n) is 4.40. The van der Waals surface area contributed by atoms with Gasteiger partial charge in [-0.15, -0.1) is 11.5 Å². The molecule has 0 spiro atoms. The number of aliphatic hydroxyl groups is 1. The lowest BCUT2D eigenvalue weighted by molar-refractivity contribution is 0.171. The average molecular weight is 183 g/mol. The molecule has 0 saturated carbocycles. The second-order valence-electron chi connectivity index (χ2n) is 4.35. The molecular weight excluding hydrogens is 166 g/mol. The molecule has 2 nitrogen and oxygen atoms in total. The third-order valence-corrected chi connectivity index (χ3v) is 2.71. The molecule has 3 heteroatoms. The summed E-state index contributed by atoms with van der Waals surface area (Å²) in [7, 11) is -1.25. The van der Waals surface area contributed by atoms with E-state index >= 15 is 0 Å². The number of nitrogens with one attached hydrogen (secondary N) is 1. The first kappa shape index (κ1) is 9.78. The summed E-state index contributed by atoms with van der Waals surface area (Å²) in [5, 5.41) is 12.6. The van der Waals surface area contributed by atoms with Crippen molar-refractivity contribution in [3.05, 3.63) is 0 Å². The molecule has 1 heterocycles. The van der Waals surface area contributed by atoms with E-state index in [4.69, 9.17) is 0 Å². The molecule has 0 aromatic heterocycles. The fourth-order valence-corrected chi connectivity index (χ4v) is 1.74. The lowest BCUT2D eigenvalue weighted by Crippen LogP contribution is -2.20. The molecule has 0 radical (unpaired) electrons. The van der Waals surface area contributed by atoms with Crippen LogP contribution in [-0.2, 0) is 0 Å². The van der Waals surface area contributed by atoms with Gasteiger partial charge in [0, 0.05) is 13.1 Å². The highest BCUT2D eigenvalue weighted by Gasteiger charge is 2.23. The van der Waals surface area contributed by atoms with Gasteiger partial charge in [-0.3, -0.25) is 0 Å². The molecule has 2 atom stereocenters. The molecule has 0 aliphatic carbocycles. The minimum atomic E-state index is -1.25. The van der Waals surface area contributed by atoms with E-state index in [0.717, 1.165) is 6.54 Å². The second kappa shape index (κ2) is 3.61. The Bertz CT molecular complexity index is 211. The minimum absolute atomic E-state index is 0.164. The van der Waals surface area contributed by atoms with Crippen LogP contribution >= 0.6 is 0 Å². The van der Waals surface area contributed by atoms with Crippen molar-refractivity contribution in [3.63, 3.8) is 0 Å². The highest BCUT2D eigenvalue weighted by atomic mass is 28.3. The lowest BCUT2D eigenvalue weighted by Gasteiger charge is -2.07. The van der Waals surface area contributed by atoms with Crippen molar-refractivity contribution in [2.45, 2.75) is 25.7 Å². The van der Waals surface area contributed by atoms with Crippen molar-refractivity contribution in [3.8, 4) is 11.5 Å². The van der Waals surface area contributed by atoms with E-state index in [1.807, 2.05) is 0 Å². The van der Waals surface area contributed by atoms with Crippen LogP contribution in [0.3, 0.4) is 0 Å². The molecular formula is C9H17NOSi. The molecule has 1 fully saturated rings. The predicted octanol–water partition coefficient (Wildman–Crippen LogP) is 0.447. The largest absolute Gasteiger partial charge is 0.390 e. The normalized spacial score (nSPS) is 29.7. The summed E-state index contributed by atoms with van der Waals surface area (Å²) in [6.45, 7) is 8.20. The van der Waals surface area contributed by atoms with Gasteiger partial charge in [0.15, 0.2) is 0 Å². The van der Waals surface area contributed by atoms with Crippen molar-refractivity contribution in [1.29, 1.82) is 0 Å². The van der Waals surface area contributed by atoms with Crippen molar-refractivity contribution in [1.82, 2.24) is 5.32 Å². The SMILES string of the molecule is C[Si](C)(C)C#C[C@@H]1CNC[C@H]1O. The molecule has 0 bridgehead atoms. The van der Waals surface area contributed by atoms with Gasteiger partial charge in [0.25, 0.3) is 0 Å². The zero-order valence-corrected chi connectivity index (χ0v) is 9.02. The molecule has 1 aliphatic heterocycles. The number of hydrogen-bond donors (Lipinski definition) is 2. The summed E-state index contributed by atoms with van der Waals surface area (Å²) in [6.07, 6.45) is -0.256. The van der Waals surface area contributed by atoms with E-state index in [1.165, 1.54) is 0 Å². The summed E-state index contributed by atoms with van der Waals surface area (Å²) < 4.78 is 0. The highest BCUT2D eigenvalue weighted by Crippen LogP contribution is 2.07. The summed E-state index contributed by atoms with van der Waals surface area (Å²) in [6, 6.07) is 0. The fourth-order valence-electron chi connectivity index (χ4n) is 1.12. The van der Waals surface area contributed by atoms with Gasteiger partial charge in [0.1, 0.15) is 8.07 Å². The molecule has 12 heavy (non-hydrogen) atoms. The predicted molar refractivity (Wildman–Crippen MR) is 53.5 cm³/mol. The Morgan fingerprint density at radius 1 is 1.33 bits per heavy atom. The van der Waals surface area contributed by atoms with Crippen molar-refractivity contribution >= 4 is 8.07 Å². The van der Waals surface area contributed by atoms with Crippen molar-refractivity contribution < 1.29 is 5.11 Å². The number of β-amino-alcohol motifs (C(OH)–C–C–N with tert-alkyl or cyclic N) is 1. The minimum Gasteiger partial charge on any atom is -0.390 e. The molecule has 0 aromatic rings. The van der Waals surface area contributed by atoms with Gasteiger partial charge in [0.2, 0.25) is 0 Å². The van der Waals surface area contributed by atoms with Crippen LogP contribution in [0.4, 0.5) is 0 Å². The Hall–Kier alpha value is -0.303. The number of hydrogen-bond acceptors (Lipinski definition) is 2. The van der Waals surface area contributed by atoms with Gasteiger partial charge in [-0.05, 0) is 0 Å². The maximum absolute atomic E-state index is 9.44. The molecule has 0 aromatic carbocycles. The Kier molecular flexibility index (Phi) is 2.94. The molecule has 1 rings (SSSR count). The standard InChI is InChI=1S/C9H17NOSi/c1-12(2,3)5-4-8-6-10-7-9(8)11/h8-11H,6-7H2,1-3H3/t8-,9-/m1/s1. The first-order chi connectivity index (χ1) is 5.49. The zero-order chi connectivity index (χ0) is 9.19. The van der Waals surface area contributed by atoms with Crippen LogP contribution in [0.5, 0.6) is 0 Å². The van der Waals surface area contributed by atoms with Gasteiger partial charge in [-0.2, -0.15) is 0 Å². The van der Waals surface area contributed by atoms with E-state index < -0.39 is 8.07 Å². The van der Waals surface area contributed by atoms with Crippen LogP contribution in [0.1, 0.15) is 0 Å². The van der Waals surface area contributed by atoms with Gasteiger partial charge < -0.3 is 10.4 Å². The third-order valence-electron chi connectivity index (χ3n) is 1.81. The van der Waals surface area contributed by atoms with Crippen LogP contribution in [0, 0.1) is 17.4 Å². The fraction of sp³-hybridized carbons (Fsp3) is 0.778. The van der Waals surface area contributed by atoms with E-state index in [9.17, 15) is 5.11 Å². The van der Waals surface area contributed by atoms with E-state index in [-0.39, 0.29) is 12.0 Å². The van der Waals surface area contributed by atoms with Crippen molar-refractivity contribution in [2.24, 2.45) is 5.92 Å². The summed E-state index contributed by atoms with van der Waals surface area (Å²) in [5.74, 6) is 3.33. The smallest absolute Gasteiger partial charge is 0.129 e. The molecule has 1 saturated heterocycles. The molecule has 0 amide bonds. The van der Waals surface area contributed by atoms with Crippen LogP contribution < -0.4 is 5.32 Å². The maximum Gasteiger partial charge on any atom is 0.129 e. The first-order valence-corrected chi connectivity index (χ1v) is 7.90. The Morgan fingerprint density at radius 2 is 2.00 bits per heavy atom. The monoisotopic (exact) mass is 183 g/mol. The molecule has 0 unspecified atom stereocenters. The lowest BCUT2D eigenvalue weighted by atomic mass is 10.1. The summed E-state index contributed by atoms with van der Waals surface area (Å²) in [5.41, 5.74) is 3.28. The second-order valence-corrected chi connectivity index (χ2v) is 9.10. The van der Waals surface area contributed by atoms with E-state index in [0.29, 0.717) is 6.54 Å².